The Morgan fingerprint density at radius 3 is 2.38 bits per heavy atom. The minimum atomic E-state index is -4.37. The van der Waals surface area contributed by atoms with Crippen molar-refractivity contribution in [1.29, 1.82) is 0 Å². The van der Waals surface area contributed by atoms with Gasteiger partial charge in [0, 0.05) is 6.20 Å². The molecule has 0 aliphatic heterocycles. The van der Waals surface area contributed by atoms with Crippen LogP contribution < -0.4 is 0 Å². The van der Waals surface area contributed by atoms with E-state index in [1.165, 1.54) is 17.1 Å². The molecule has 0 bridgehead atoms. The third-order valence-electron chi connectivity index (χ3n) is 1.92. The second kappa shape index (κ2) is 3.58. The smallest absolute Gasteiger partial charge is 0.236 e. The molecule has 84 valence electrons. The van der Waals surface area contributed by atoms with Crippen molar-refractivity contribution in [2.75, 3.05) is 0 Å². The maximum absolute atomic E-state index is 12.3. The number of pyridine rings is 1. The van der Waals surface area contributed by atoms with Gasteiger partial charge < -0.3 is 0 Å². The van der Waals surface area contributed by atoms with Gasteiger partial charge in [0.1, 0.15) is 12.2 Å². The molecule has 0 atom stereocenters. The molecule has 0 spiro atoms. The molecule has 2 rings (SSSR count). The van der Waals surface area contributed by atoms with E-state index in [0.29, 0.717) is 11.6 Å². The van der Waals surface area contributed by atoms with Gasteiger partial charge in [0.15, 0.2) is 5.82 Å². The fourth-order valence-electron chi connectivity index (χ4n) is 1.15. The molecule has 0 N–H and O–H groups in total. The van der Waals surface area contributed by atoms with Gasteiger partial charge in [-0.1, -0.05) is 0 Å². The molecule has 0 aliphatic rings. The van der Waals surface area contributed by atoms with Gasteiger partial charge in [-0.25, -0.2) is 14.6 Å². The van der Waals surface area contributed by atoms with Crippen LogP contribution in [0.15, 0.2) is 24.7 Å². The number of aryl methyl sites for hydroxylation is 1. The van der Waals surface area contributed by atoms with Crippen LogP contribution in [0.1, 0.15) is 11.4 Å². The average molecular weight is 228 g/mol. The Labute approximate surface area is 88.8 Å². The largest absolute Gasteiger partial charge is 0.417 e. The van der Waals surface area contributed by atoms with Crippen molar-refractivity contribution in [3.63, 3.8) is 0 Å². The zero-order valence-electron chi connectivity index (χ0n) is 8.23. The Balaban J connectivity index is 2.33. The van der Waals surface area contributed by atoms with Crippen LogP contribution >= 0.6 is 0 Å². The van der Waals surface area contributed by atoms with Gasteiger partial charge in [-0.15, -0.1) is 0 Å². The lowest BCUT2D eigenvalue weighted by atomic mass is 10.3. The van der Waals surface area contributed by atoms with Gasteiger partial charge in [0.05, 0.1) is 5.56 Å². The Bertz CT molecular complexity index is 486. The fraction of sp³-hybridized carbons (Fsp3) is 0.222. The van der Waals surface area contributed by atoms with Crippen molar-refractivity contribution in [3.8, 4) is 5.82 Å². The Hall–Kier alpha value is -1.92. The number of rotatable bonds is 1. The molecule has 2 aromatic heterocycles. The molecule has 4 nitrogen and oxygen atoms in total. The topological polar surface area (TPSA) is 43.6 Å². The summed E-state index contributed by atoms with van der Waals surface area (Å²) in [5, 5.41) is 3.93. The molecule has 2 aromatic rings. The van der Waals surface area contributed by atoms with Gasteiger partial charge in [0.25, 0.3) is 0 Å². The number of hydrogen-bond acceptors (Lipinski definition) is 3. The lowest BCUT2D eigenvalue weighted by Crippen LogP contribution is -2.07. The van der Waals surface area contributed by atoms with Gasteiger partial charge >= 0.3 is 6.18 Å². The first-order valence-corrected chi connectivity index (χ1v) is 4.39. The number of alkyl halides is 3. The predicted molar refractivity (Wildman–Crippen MR) is 48.9 cm³/mol. The first kappa shape index (κ1) is 10.6. The maximum Gasteiger partial charge on any atom is 0.417 e. The molecule has 0 fully saturated rings. The zero-order valence-corrected chi connectivity index (χ0v) is 8.23. The third-order valence-corrected chi connectivity index (χ3v) is 1.92. The van der Waals surface area contributed by atoms with E-state index < -0.39 is 11.7 Å². The van der Waals surface area contributed by atoms with Crippen molar-refractivity contribution in [1.82, 2.24) is 19.7 Å². The van der Waals surface area contributed by atoms with E-state index in [-0.39, 0.29) is 0 Å². The van der Waals surface area contributed by atoms with E-state index in [2.05, 4.69) is 15.1 Å². The molecule has 7 heteroatoms. The predicted octanol–water partition coefficient (Wildman–Crippen LogP) is 1.99. The van der Waals surface area contributed by atoms with Crippen LogP contribution in [0.25, 0.3) is 5.82 Å². The van der Waals surface area contributed by atoms with E-state index in [1.807, 2.05) is 0 Å². The van der Waals surface area contributed by atoms with Crippen LogP contribution in [0.5, 0.6) is 0 Å². The minimum Gasteiger partial charge on any atom is -0.236 e. The average Bonchev–Trinajstić information content (AvgIpc) is 2.64. The van der Waals surface area contributed by atoms with Crippen LogP contribution in [0.3, 0.4) is 0 Å². The highest BCUT2D eigenvalue weighted by atomic mass is 19.4. The highest BCUT2D eigenvalue weighted by Gasteiger charge is 2.30. The lowest BCUT2D eigenvalue weighted by Gasteiger charge is -2.06. The molecule has 0 radical (unpaired) electrons. The van der Waals surface area contributed by atoms with Crippen LogP contribution in [0, 0.1) is 6.92 Å². The first-order chi connectivity index (χ1) is 7.47. The van der Waals surface area contributed by atoms with Crippen molar-refractivity contribution < 1.29 is 13.2 Å². The van der Waals surface area contributed by atoms with Gasteiger partial charge in [-0.3, -0.25) is 0 Å². The lowest BCUT2D eigenvalue weighted by molar-refractivity contribution is -0.137. The number of halogens is 3. The van der Waals surface area contributed by atoms with Crippen molar-refractivity contribution >= 4 is 0 Å². The Kier molecular flexibility index (Phi) is 2.37. The number of aromatic nitrogens is 4. The van der Waals surface area contributed by atoms with Gasteiger partial charge in [0.2, 0.25) is 0 Å². The van der Waals surface area contributed by atoms with Crippen molar-refractivity contribution in [2.24, 2.45) is 0 Å². The summed E-state index contributed by atoms with van der Waals surface area (Å²) in [7, 11) is 0. The first-order valence-electron chi connectivity index (χ1n) is 4.39. The number of nitrogens with zero attached hydrogens (tertiary/aromatic N) is 4. The monoisotopic (exact) mass is 228 g/mol. The highest BCUT2D eigenvalue weighted by molar-refractivity contribution is 5.25. The summed E-state index contributed by atoms with van der Waals surface area (Å²) in [4.78, 5) is 7.52. The molecule has 0 amide bonds. The number of hydrogen-bond donors (Lipinski definition) is 0. The quantitative estimate of drug-likeness (QED) is 0.749. The van der Waals surface area contributed by atoms with Gasteiger partial charge in [-0.05, 0) is 19.1 Å². The molecular formula is C9H7F3N4. The summed E-state index contributed by atoms with van der Waals surface area (Å²) in [5.41, 5.74) is -0.784. The van der Waals surface area contributed by atoms with E-state index in [9.17, 15) is 13.2 Å². The molecule has 0 saturated heterocycles. The fourth-order valence-corrected chi connectivity index (χ4v) is 1.15. The summed E-state index contributed by atoms with van der Waals surface area (Å²) in [6.07, 6.45) is -2.21. The molecule has 0 saturated carbocycles. The normalized spacial score (nSPS) is 11.8. The van der Waals surface area contributed by atoms with Crippen LogP contribution in [0.4, 0.5) is 13.2 Å². The summed E-state index contributed by atoms with van der Waals surface area (Å²) in [5.74, 6) is 0.829. The SMILES string of the molecule is Cc1ncn(-c2ccc(C(F)(F)F)cn2)n1. The molecule has 0 aliphatic carbocycles. The molecule has 2 heterocycles. The second-order valence-electron chi connectivity index (χ2n) is 3.14. The second-order valence-corrected chi connectivity index (χ2v) is 3.14. The molecule has 16 heavy (non-hydrogen) atoms. The summed E-state index contributed by atoms with van der Waals surface area (Å²) in [6, 6.07) is 2.20. The zero-order chi connectivity index (χ0) is 11.8. The summed E-state index contributed by atoms with van der Waals surface area (Å²) >= 11 is 0. The molecule has 0 unspecified atom stereocenters. The van der Waals surface area contributed by atoms with E-state index in [0.717, 1.165) is 12.3 Å². The van der Waals surface area contributed by atoms with E-state index in [1.54, 1.807) is 6.92 Å². The highest BCUT2D eigenvalue weighted by Crippen LogP contribution is 2.28. The molecule has 0 aromatic carbocycles. The van der Waals surface area contributed by atoms with Crippen LogP contribution in [-0.4, -0.2) is 19.7 Å². The van der Waals surface area contributed by atoms with Crippen LogP contribution in [0.2, 0.25) is 0 Å². The van der Waals surface area contributed by atoms with Crippen molar-refractivity contribution in [2.45, 2.75) is 13.1 Å². The minimum absolute atomic E-state index is 0.300. The third kappa shape index (κ3) is 2.02. The maximum atomic E-state index is 12.3. The Morgan fingerprint density at radius 2 is 1.94 bits per heavy atom. The Morgan fingerprint density at radius 1 is 1.19 bits per heavy atom. The summed E-state index contributed by atoms with van der Waals surface area (Å²) < 4.78 is 38.1. The van der Waals surface area contributed by atoms with E-state index in [4.69, 9.17) is 0 Å². The summed E-state index contributed by atoms with van der Waals surface area (Å²) in [6.45, 7) is 1.68. The van der Waals surface area contributed by atoms with E-state index >= 15 is 0 Å². The van der Waals surface area contributed by atoms with Gasteiger partial charge in [-0.2, -0.15) is 18.3 Å². The van der Waals surface area contributed by atoms with Crippen molar-refractivity contribution in [3.05, 3.63) is 36.0 Å². The van der Waals surface area contributed by atoms with Crippen LogP contribution in [-0.2, 0) is 6.18 Å². The molecular weight excluding hydrogens is 221 g/mol. The standard InChI is InChI=1S/C9H7F3N4/c1-6-14-5-16(15-6)8-3-2-7(4-13-8)9(10,11)12/h2-5H,1H3.